The highest BCUT2D eigenvalue weighted by Crippen LogP contribution is 2.29. The molecule has 0 aromatic heterocycles. The maximum absolute atomic E-state index is 9.69. The number of aliphatic hydroxyl groups excluding tert-OH is 2. The van der Waals surface area contributed by atoms with Crippen molar-refractivity contribution in [3.05, 3.63) is 0 Å². The van der Waals surface area contributed by atoms with Crippen molar-refractivity contribution >= 4 is 0 Å². The van der Waals surface area contributed by atoms with E-state index in [9.17, 15) is 10.2 Å². The van der Waals surface area contributed by atoms with Crippen molar-refractivity contribution in [2.45, 2.75) is 45.7 Å². The molecule has 3 heteroatoms. The summed E-state index contributed by atoms with van der Waals surface area (Å²) in [5.74, 6) is 0.546. The van der Waals surface area contributed by atoms with E-state index in [1.807, 2.05) is 0 Å². The van der Waals surface area contributed by atoms with Gasteiger partial charge in [0, 0.05) is 6.42 Å². The van der Waals surface area contributed by atoms with Crippen molar-refractivity contribution < 1.29 is 14.9 Å². The molecule has 0 bridgehead atoms. The lowest BCUT2D eigenvalue weighted by Crippen LogP contribution is -2.45. The Balaban J connectivity index is 2.60. The van der Waals surface area contributed by atoms with E-state index in [4.69, 9.17) is 4.74 Å². The van der Waals surface area contributed by atoms with Crippen LogP contribution in [0.2, 0.25) is 0 Å². The lowest BCUT2D eigenvalue weighted by atomic mass is 9.83. The van der Waals surface area contributed by atoms with Gasteiger partial charge in [-0.15, -0.1) is 0 Å². The average molecular weight is 174 g/mol. The fraction of sp³-hybridized carbons (Fsp3) is 1.00. The zero-order valence-electron chi connectivity index (χ0n) is 7.90. The predicted molar refractivity (Wildman–Crippen MR) is 45.5 cm³/mol. The molecule has 0 spiro atoms. The molecule has 4 atom stereocenters. The summed E-state index contributed by atoms with van der Waals surface area (Å²) in [7, 11) is 0. The standard InChI is InChI=1S/C9H18O3/c1-5(2)7-4-8(10)12-6(3)9(7)11/h5-11H,4H2,1-3H3. The maximum atomic E-state index is 9.69. The van der Waals surface area contributed by atoms with Crippen molar-refractivity contribution in [2.75, 3.05) is 0 Å². The van der Waals surface area contributed by atoms with Crippen LogP contribution in [0, 0.1) is 11.8 Å². The highest BCUT2D eigenvalue weighted by Gasteiger charge is 2.35. The van der Waals surface area contributed by atoms with Crippen LogP contribution in [-0.4, -0.2) is 28.7 Å². The van der Waals surface area contributed by atoms with Crippen molar-refractivity contribution in [3.8, 4) is 0 Å². The summed E-state index contributed by atoms with van der Waals surface area (Å²) >= 11 is 0. The van der Waals surface area contributed by atoms with Gasteiger partial charge in [0.15, 0.2) is 6.29 Å². The minimum Gasteiger partial charge on any atom is -0.390 e. The van der Waals surface area contributed by atoms with E-state index in [0.717, 1.165) is 0 Å². The van der Waals surface area contributed by atoms with Gasteiger partial charge in [0.1, 0.15) is 0 Å². The predicted octanol–water partition coefficient (Wildman–Crippen LogP) is 0.747. The highest BCUT2D eigenvalue weighted by molar-refractivity contribution is 4.81. The van der Waals surface area contributed by atoms with E-state index >= 15 is 0 Å². The van der Waals surface area contributed by atoms with Crippen LogP contribution in [0.5, 0.6) is 0 Å². The summed E-state index contributed by atoms with van der Waals surface area (Å²) < 4.78 is 5.08. The molecule has 2 N–H and O–H groups in total. The van der Waals surface area contributed by atoms with Gasteiger partial charge in [-0.2, -0.15) is 0 Å². The summed E-state index contributed by atoms with van der Waals surface area (Å²) in [5.41, 5.74) is 0. The molecule has 1 fully saturated rings. The summed E-state index contributed by atoms with van der Waals surface area (Å²) in [5, 5.41) is 19.0. The third-order valence-electron chi connectivity index (χ3n) is 2.62. The first-order chi connectivity index (χ1) is 5.52. The summed E-state index contributed by atoms with van der Waals surface area (Å²) in [4.78, 5) is 0. The maximum Gasteiger partial charge on any atom is 0.155 e. The third kappa shape index (κ3) is 1.97. The minimum atomic E-state index is -0.698. The quantitative estimate of drug-likeness (QED) is 0.616. The summed E-state index contributed by atoms with van der Waals surface area (Å²) in [6.07, 6.45) is -0.839. The number of hydrogen-bond acceptors (Lipinski definition) is 3. The van der Waals surface area contributed by atoms with Gasteiger partial charge in [0.2, 0.25) is 0 Å². The fourth-order valence-corrected chi connectivity index (χ4v) is 1.77. The zero-order chi connectivity index (χ0) is 9.30. The monoisotopic (exact) mass is 174 g/mol. The Morgan fingerprint density at radius 1 is 1.33 bits per heavy atom. The Hall–Kier alpha value is -0.120. The molecule has 1 heterocycles. The molecule has 3 nitrogen and oxygen atoms in total. The van der Waals surface area contributed by atoms with Crippen LogP contribution in [0.15, 0.2) is 0 Å². The normalized spacial score (nSPS) is 43.5. The molecule has 72 valence electrons. The molecule has 1 aliphatic rings. The van der Waals surface area contributed by atoms with Crippen LogP contribution in [-0.2, 0) is 4.74 Å². The molecule has 0 radical (unpaired) electrons. The SMILES string of the molecule is CC(C)C1CC(O)OC(C)C1O. The van der Waals surface area contributed by atoms with Crippen molar-refractivity contribution in [1.29, 1.82) is 0 Å². The Bertz CT molecular complexity index is 147. The first kappa shape index (κ1) is 9.96. The largest absolute Gasteiger partial charge is 0.390 e. The summed E-state index contributed by atoms with van der Waals surface area (Å²) in [6, 6.07) is 0. The van der Waals surface area contributed by atoms with Gasteiger partial charge >= 0.3 is 0 Å². The van der Waals surface area contributed by atoms with Gasteiger partial charge in [-0.25, -0.2) is 0 Å². The van der Waals surface area contributed by atoms with Gasteiger partial charge in [0.25, 0.3) is 0 Å². The van der Waals surface area contributed by atoms with Crippen LogP contribution in [0.1, 0.15) is 27.2 Å². The zero-order valence-corrected chi connectivity index (χ0v) is 7.90. The Kier molecular flexibility index (Phi) is 3.09. The molecular weight excluding hydrogens is 156 g/mol. The minimum absolute atomic E-state index is 0.156. The number of ether oxygens (including phenoxy) is 1. The lowest BCUT2D eigenvalue weighted by molar-refractivity contribution is -0.218. The van der Waals surface area contributed by atoms with E-state index in [-0.39, 0.29) is 12.0 Å². The summed E-state index contributed by atoms with van der Waals surface area (Å²) in [6.45, 7) is 5.90. The van der Waals surface area contributed by atoms with Crippen LogP contribution < -0.4 is 0 Å². The van der Waals surface area contributed by atoms with Crippen LogP contribution in [0.3, 0.4) is 0 Å². The molecule has 0 aromatic carbocycles. The number of rotatable bonds is 1. The lowest BCUT2D eigenvalue weighted by Gasteiger charge is -2.37. The molecule has 0 aliphatic carbocycles. The molecule has 0 saturated carbocycles. The molecule has 0 amide bonds. The molecule has 0 aromatic rings. The van der Waals surface area contributed by atoms with Gasteiger partial charge < -0.3 is 14.9 Å². The van der Waals surface area contributed by atoms with Gasteiger partial charge in [-0.3, -0.25) is 0 Å². The first-order valence-corrected chi connectivity index (χ1v) is 4.54. The van der Waals surface area contributed by atoms with Crippen LogP contribution in [0.25, 0.3) is 0 Å². The van der Waals surface area contributed by atoms with E-state index in [0.29, 0.717) is 12.3 Å². The van der Waals surface area contributed by atoms with Crippen molar-refractivity contribution in [2.24, 2.45) is 11.8 Å². The second-order valence-electron chi connectivity index (χ2n) is 3.93. The molecular formula is C9H18O3. The molecule has 1 rings (SSSR count). The smallest absolute Gasteiger partial charge is 0.155 e. The topological polar surface area (TPSA) is 49.7 Å². The van der Waals surface area contributed by atoms with E-state index in [1.54, 1.807) is 6.92 Å². The van der Waals surface area contributed by atoms with E-state index < -0.39 is 12.4 Å². The second-order valence-corrected chi connectivity index (χ2v) is 3.93. The van der Waals surface area contributed by atoms with Crippen molar-refractivity contribution in [3.63, 3.8) is 0 Å². The molecule has 12 heavy (non-hydrogen) atoms. The average Bonchev–Trinajstić information content (AvgIpc) is 1.96. The molecule has 1 aliphatic heterocycles. The first-order valence-electron chi connectivity index (χ1n) is 4.54. The van der Waals surface area contributed by atoms with Crippen LogP contribution >= 0.6 is 0 Å². The van der Waals surface area contributed by atoms with Crippen LogP contribution in [0.4, 0.5) is 0 Å². The number of hydrogen-bond donors (Lipinski definition) is 2. The molecule has 4 unspecified atom stereocenters. The third-order valence-corrected chi connectivity index (χ3v) is 2.62. The Labute approximate surface area is 73.4 Å². The Morgan fingerprint density at radius 3 is 2.42 bits per heavy atom. The van der Waals surface area contributed by atoms with Gasteiger partial charge in [-0.05, 0) is 18.8 Å². The van der Waals surface area contributed by atoms with Crippen molar-refractivity contribution in [1.82, 2.24) is 0 Å². The van der Waals surface area contributed by atoms with E-state index in [1.165, 1.54) is 0 Å². The number of aliphatic hydroxyl groups is 2. The van der Waals surface area contributed by atoms with Gasteiger partial charge in [-0.1, -0.05) is 13.8 Å². The Morgan fingerprint density at radius 2 is 1.92 bits per heavy atom. The van der Waals surface area contributed by atoms with Gasteiger partial charge in [0.05, 0.1) is 12.2 Å². The highest BCUT2D eigenvalue weighted by atomic mass is 16.6. The van der Waals surface area contributed by atoms with E-state index in [2.05, 4.69) is 13.8 Å². The molecule has 1 saturated heterocycles. The second kappa shape index (κ2) is 3.73. The fourth-order valence-electron chi connectivity index (χ4n) is 1.77.